The fourth-order valence-corrected chi connectivity index (χ4v) is 3.78. The van der Waals surface area contributed by atoms with Crippen LogP contribution in [0, 0.1) is 0 Å². The number of pyridine rings is 1. The minimum absolute atomic E-state index is 0.0528. The number of aromatic amines is 1. The average Bonchev–Trinajstić information content (AvgIpc) is 3.35. The second-order valence-electron chi connectivity index (χ2n) is 6.66. The predicted molar refractivity (Wildman–Crippen MR) is 98.7 cm³/mol. The summed E-state index contributed by atoms with van der Waals surface area (Å²) in [7, 11) is 1.55. The van der Waals surface area contributed by atoms with E-state index in [1.807, 2.05) is 12.1 Å². The van der Waals surface area contributed by atoms with Gasteiger partial charge in [0.2, 0.25) is 0 Å². The molecule has 1 saturated carbocycles. The van der Waals surface area contributed by atoms with Crippen molar-refractivity contribution in [2.24, 2.45) is 0 Å². The van der Waals surface area contributed by atoms with E-state index in [0.29, 0.717) is 16.7 Å². The zero-order valence-corrected chi connectivity index (χ0v) is 14.5. The number of nitrogens with zero attached hydrogens (tertiary/aromatic N) is 3. The lowest BCUT2D eigenvalue weighted by atomic mass is 10.1. The van der Waals surface area contributed by atoms with Gasteiger partial charge in [-0.2, -0.15) is 5.10 Å². The molecule has 1 amide bonds. The van der Waals surface area contributed by atoms with Gasteiger partial charge in [-0.3, -0.25) is 19.6 Å². The number of amides is 1. The van der Waals surface area contributed by atoms with Crippen molar-refractivity contribution in [2.75, 3.05) is 11.9 Å². The Bertz CT molecular complexity index is 1020. The van der Waals surface area contributed by atoms with Crippen LogP contribution < -0.4 is 10.5 Å². The van der Waals surface area contributed by atoms with Crippen LogP contribution in [-0.2, 0) is 0 Å². The second kappa shape index (κ2) is 6.33. The van der Waals surface area contributed by atoms with Crippen LogP contribution in [0.15, 0.2) is 41.3 Å². The number of H-pyrrole nitrogens is 1. The van der Waals surface area contributed by atoms with Gasteiger partial charge in [0.15, 0.2) is 0 Å². The van der Waals surface area contributed by atoms with Gasteiger partial charge in [-0.25, -0.2) is 0 Å². The fraction of sp³-hybridized carbons (Fsp3) is 0.316. The smallest absolute Gasteiger partial charge is 0.268 e. The first-order valence-corrected chi connectivity index (χ1v) is 8.73. The number of hydrogen-bond donors (Lipinski definition) is 2. The van der Waals surface area contributed by atoms with Crippen LogP contribution in [0.1, 0.15) is 42.1 Å². The van der Waals surface area contributed by atoms with Gasteiger partial charge in [-0.1, -0.05) is 25.0 Å². The molecule has 0 radical (unpaired) electrons. The molecule has 0 saturated heterocycles. The van der Waals surface area contributed by atoms with Gasteiger partial charge in [0.05, 0.1) is 11.7 Å². The number of anilines is 1. The molecular weight excluding hydrogens is 332 g/mol. The summed E-state index contributed by atoms with van der Waals surface area (Å²) < 4.78 is 1.69. The molecule has 2 heterocycles. The van der Waals surface area contributed by atoms with E-state index in [1.165, 1.54) is 11.1 Å². The summed E-state index contributed by atoms with van der Waals surface area (Å²) in [5.41, 5.74) is 0.0276. The Morgan fingerprint density at radius 3 is 2.69 bits per heavy atom. The monoisotopic (exact) mass is 352 g/mol. The molecule has 1 aliphatic rings. The summed E-state index contributed by atoms with van der Waals surface area (Å²) in [4.78, 5) is 27.5. The largest absolute Gasteiger partial charge is 0.506 e. The van der Waals surface area contributed by atoms with Crippen LogP contribution >= 0.6 is 0 Å². The first-order valence-electron chi connectivity index (χ1n) is 8.73. The van der Waals surface area contributed by atoms with Gasteiger partial charge in [-0.05, 0) is 25.0 Å². The van der Waals surface area contributed by atoms with Crippen molar-refractivity contribution in [3.05, 3.63) is 52.4 Å². The van der Waals surface area contributed by atoms with Gasteiger partial charge in [0, 0.05) is 24.5 Å². The number of aromatic hydroxyl groups is 1. The topological polar surface area (TPSA) is 91.2 Å². The van der Waals surface area contributed by atoms with Gasteiger partial charge in [0.1, 0.15) is 17.1 Å². The normalized spacial score (nSPS) is 14.8. The Balaban J connectivity index is 1.95. The molecule has 1 fully saturated rings. The predicted octanol–water partition coefficient (Wildman–Crippen LogP) is 2.82. The minimum Gasteiger partial charge on any atom is -0.506 e. The SMILES string of the molecule is CN(C(=O)c1c(O)c2ccccc2n(C2CCCC2)c1=O)c1ccn[nH]1. The molecule has 0 aliphatic heterocycles. The van der Waals surface area contributed by atoms with Crippen LogP contribution in [0.2, 0.25) is 0 Å². The van der Waals surface area contributed by atoms with E-state index in [4.69, 9.17) is 0 Å². The molecule has 1 aromatic carbocycles. The molecular formula is C19H20N4O3. The zero-order valence-electron chi connectivity index (χ0n) is 14.5. The average molecular weight is 352 g/mol. The lowest BCUT2D eigenvalue weighted by Crippen LogP contribution is -2.36. The van der Waals surface area contributed by atoms with Gasteiger partial charge in [0.25, 0.3) is 11.5 Å². The number of para-hydroxylation sites is 1. The van der Waals surface area contributed by atoms with E-state index in [2.05, 4.69) is 10.2 Å². The van der Waals surface area contributed by atoms with Crippen LogP contribution in [0.5, 0.6) is 5.75 Å². The third kappa shape index (κ3) is 2.47. The molecule has 2 N–H and O–H groups in total. The van der Waals surface area contributed by atoms with Crippen molar-refractivity contribution in [1.82, 2.24) is 14.8 Å². The van der Waals surface area contributed by atoms with E-state index in [0.717, 1.165) is 25.7 Å². The summed E-state index contributed by atoms with van der Waals surface area (Å²) >= 11 is 0. The Morgan fingerprint density at radius 1 is 1.27 bits per heavy atom. The molecule has 7 heteroatoms. The first kappa shape index (κ1) is 16.4. The number of rotatable bonds is 3. The van der Waals surface area contributed by atoms with Crippen molar-refractivity contribution in [2.45, 2.75) is 31.7 Å². The minimum atomic E-state index is -0.561. The van der Waals surface area contributed by atoms with Crippen molar-refractivity contribution >= 4 is 22.6 Å². The molecule has 0 atom stereocenters. The molecule has 0 spiro atoms. The summed E-state index contributed by atoms with van der Waals surface area (Å²) in [6, 6.07) is 8.87. The number of hydrogen-bond acceptors (Lipinski definition) is 4. The Morgan fingerprint density at radius 2 is 2.00 bits per heavy atom. The highest BCUT2D eigenvalue weighted by Crippen LogP contribution is 2.34. The van der Waals surface area contributed by atoms with Crippen molar-refractivity contribution < 1.29 is 9.90 Å². The van der Waals surface area contributed by atoms with Crippen LogP contribution in [0.25, 0.3) is 10.9 Å². The zero-order chi connectivity index (χ0) is 18.3. The van der Waals surface area contributed by atoms with Crippen molar-refractivity contribution in [1.29, 1.82) is 0 Å². The standard InChI is InChI=1S/C19H20N4O3/c1-22(15-10-11-20-21-15)18(25)16-17(24)13-8-4-5-9-14(13)23(19(16)26)12-6-2-3-7-12/h4-5,8-12,24H,2-3,6-7H2,1H3,(H,20,21). The van der Waals surface area contributed by atoms with Crippen LogP contribution in [0.4, 0.5) is 5.82 Å². The van der Waals surface area contributed by atoms with E-state index in [1.54, 1.807) is 29.8 Å². The Kier molecular flexibility index (Phi) is 3.99. The highest BCUT2D eigenvalue weighted by molar-refractivity contribution is 6.09. The third-order valence-corrected chi connectivity index (χ3v) is 5.14. The molecule has 3 aromatic rings. The molecule has 7 nitrogen and oxygen atoms in total. The third-order valence-electron chi connectivity index (χ3n) is 5.14. The van der Waals surface area contributed by atoms with Crippen LogP contribution in [-0.4, -0.2) is 32.8 Å². The van der Waals surface area contributed by atoms with E-state index >= 15 is 0 Å². The van der Waals surface area contributed by atoms with E-state index in [9.17, 15) is 14.7 Å². The number of carbonyl (C=O) groups excluding carboxylic acids is 1. The lowest BCUT2D eigenvalue weighted by Gasteiger charge is -2.21. The maximum atomic E-state index is 13.2. The van der Waals surface area contributed by atoms with E-state index < -0.39 is 11.5 Å². The summed E-state index contributed by atoms with van der Waals surface area (Å²) in [5, 5.41) is 17.8. The highest BCUT2D eigenvalue weighted by Gasteiger charge is 2.29. The maximum absolute atomic E-state index is 13.2. The highest BCUT2D eigenvalue weighted by atomic mass is 16.3. The van der Waals surface area contributed by atoms with Crippen LogP contribution in [0.3, 0.4) is 0 Å². The lowest BCUT2D eigenvalue weighted by molar-refractivity contribution is 0.0987. The number of aromatic nitrogens is 3. The summed E-state index contributed by atoms with van der Waals surface area (Å²) in [6.45, 7) is 0. The van der Waals surface area contributed by atoms with Crippen molar-refractivity contribution in [3.63, 3.8) is 0 Å². The van der Waals surface area contributed by atoms with E-state index in [-0.39, 0.29) is 17.4 Å². The first-order chi connectivity index (χ1) is 12.6. The molecule has 26 heavy (non-hydrogen) atoms. The van der Waals surface area contributed by atoms with Crippen molar-refractivity contribution in [3.8, 4) is 5.75 Å². The number of nitrogens with one attached hydrogen (secondary N) is 1. The summed E-state index contributed by atoms with van der Waals surface area (Å²) in [5.74, 6) is -0.375. The van der Waals surface area contributed by atoms with Gasteiger partial charge >= 0.3 is 0 Å². The second-order valence-corrected chi connectivity index (χ2v) is 6.66. The number of carbonyl (C=O) groups is 1. The quantitative estimate of drug-likeness (QED) is 0.758. The number of fused-ring (bicyclic) bond motifs is 1. The maximum Gasteiger partial charge on any atom is 0.268 e. The molecule has 2 aromatic heterocycles. The van der Waals surface area contributed by atoms with Gasteiger partial charge in [-0.15, -0.1) is 0 Å². The summed E-state index contributed by atoms with van der Waals surface area (Å²) in [6.07, 6.45) is 5.45. The molecule has 1 aliphatic carbocycles. The fourth-order valence-electron chi connectivity index (χ4n) is 3.78. The molecule has 134 valence electrons. The molecule has 0 unspecified atom stereocenters. The van der Waals surface area contributed by atoms with Gasteiger partial charge < -0.3 is 9.67 Å². The molecule has 4 rings (SSSR count). The number of benzene rings is 1. The Hall–Kier alpha value is -3.09. The molecule has 0 bridgehead atoms. The Labute approximate surface area is 149 Å².